The van der Waals surface area contributed by atoms with E-state index in [2.05, 4.69) is 10.5 Å². The maximum absolute atomic E-state index is 13.8. The number of carbonyl (C=O) groups excluding carboxylic acids is 2. The summed E-state index contributed by atoms with van der Waals surface area (Å²) in [6.07, 6.45) is 1.48. The summed E-state index contributed by atoms with van der Waals surface area (Å²) in [5.41, 5.74) is -0.427. The number of furan rings is 1. The van der Waals surface area contributed by atoms with E-state index in [9.17, 15) is 18.4 Å². The monoisotopic (exact) mass is 404 g/mol. The number of amides is 1. The van der Waals surface area contributed by atoms with Crippen molar-refractivity contribution in [1.29, 1.82) is 0 Å². The van der Waals surface area contributed by atoms with Crippen molar-refractivity contribution in [2.24, 2.45) is 5.92 Å². The fraction of sp³-hybridized carbons (Fsp3) is 0.250. The normalized spacial score (nSPS) is 12.0. The van der Waals surface area contributed by atoms with Crippen molar-refractivity contribution in [3.8, 4) is 11.5 Å². The number of ether oxygens (including phenoxy) is 1. The molecule has 0 bridgehead atoms. The summed E-state index contributed by atoms with van der Waals surface area (Å²) in [4.78, 5) is 24.7. The molecule has 2 aromatic heterocycles. The topological polar surface area (TPSA) is 94.6 Å². The van der Waals surface area contributed by atoms with Crippen LogP contribution in [0.4, 0.5) is 8.78 Å². The minimum atomic E-state index is -1.11. The van der Waals surface area contributed by atoms with Crippen LogP contribution in [-0.2, 0) is 16.1 Å². The summed E-state index contributed by atoms with van der Waals surface area (Å²) in [5, 5.41) is 6.11. The van der Waals surface area contributed by atoms with E-state index in [0.717, 1.165) is 18.2 Å². The predicted octanol–water partition coefficient (Wildman–Crippen LogP) is 3.71. The second-order valence-electron chi connectivity index (χ2n) is 6.56. The molecule has 1 atom stereocenters. The van der Waals surface area contributed by atoms with Gasteiger partial charge in [0.15, 0.2) is 5.76 Å². The lowest BCUT2D eigenvalue weighted by atomic mass is 10.0. The number of benzene rings is 1. The van der Waals surface area contributed by atoms with E-state index in [-0.39, 0.29) is 6.61 Å². The van der Waals surface area contributed by atoms with Crippen molar-refractivity contribution < 1.29 is 32.0 Å². The van der Waals surface area contributed by atoms with Gasteiger partial charge in [-0.15, -0.1) is 0 Å². The lowest BCUT2D eigenvalue weighted by Gasteiger charge is -2.20. The van der Waals surface area contributed by atoms with Crippen molar-refractivity contribution in [2.45, 2.75) is 26.5 Å². The molecule has 1 N–H and O–H groups in total. The number of hydrogen-bond acceptors (Lipinski definition) is 6. The van der Waals surface area contributed by atoms with E-state index < -0.39 is 41.0 Å². The second-order valence-corrected chi connectivity index (χ2v) is 6.56. The van der Waals surface area contributed by atoms with Gasteiger partial charge in [-0.3, -0.25) is 4.79 Å². The Balaban J connectivity index is 1.65. The molecule has 152 valence electrons. The molecule has 3 aromatic rings. The van der Waals surface area contributed by atoms with E-state index in [0.29, 0.717) is 17.2 Å². The molecule has 0 aliphatic heterocycles. The zero-order valence-corrected chi connectivity index (χ0v) is 15.6. The number of halogens is 2. The number of carbonyl (C=O) groups is 2. The smallest absolute Gasteiger partial charge is 0.329 e. The summed E-state index contributed by atoms with van der Waals surface area (Å²) in [6.45, 7) is 3.11. The molecule has 0 aliphatic rings. The number of nitrogens with one attached hydrogen (secondary N) is 1. The van der Waals surface area contributed by atoms with Crippen molar-refractivity contribution in [1.82, 2.24) is 10.5 Å². The summed E-state index contributed by atoms with van der Waals surface area (Å²) in [6, 6.07) is 6.87. The van der Waals surface area contributed by atoms with Gasteiger partial charge >= 0.3 is 5.97 Å². The number of esters is 1. The first-order chi connectivity index (χ1) is 13.9. The molecule has 1 amide bonds. The summed E-state index contributed by atoms with van der Waals surface area (Å²) >= 11 is 0. The van der Waals surface area contributed by atoms with Gasteiger partial charge in [0.25, 0.3) is 5.91 Å². The second kappa shape index (κ2) is 8.68. The average Bonchev–Trinajstić information content (AvgIpc) is 3.35. The molecule has 0 aliphatic carbocycles. The third-order valence-corrected chi connectivity index (χ3v) is 4.08. The van der Waals surface area contributed by atoms with Gasteiger partial charge in [0, 0.05) is 6.07 Å². The molecule has 3 rings (SSSR count). The summed E-state index contributed by atoms with van der Waals surface area (Å²) < 4.78 is 43.1. The Morgan fingerprint density at radius 2 is 1.86 bits per heavy atom. The zero-order valence-electron chi connectivity index (χ0n) is 15.6. The minimum absolute atomic E-state index is 0.212. The van der Waals surface area contributed by atoms with Crippen LogP contribution < -0.4 is 5.32 Å². The molecular weight excluding hydrogens is 386 g/mol. The van der Waals surface area contributed by atoms with E-state index in [4.69, 9.17) is 13.7 Å². The van der Waals surface area contributed by atoms with Crippen LogP contribution in [0, 0.1) is 17.6 Å². The molecule has 0 fully saturated rings. The number of aromatic nitrogens is 1. The minimum Gasteiger partial charge on any atom is -0.461 e. The van der Waals surface area contributed by atoms with Crippen LogP contribution >= 0.6 is 0 Å². The Kier molecular flexibility index (Phi) is 6.06. The fourth-order valence-corrected chi connectivity index (χ4v) is 2.58. The van der Waals surface area contributed by atoms with E-state index >= 15 is 0 Å². The number of hydrogen-bond donors (Lipinski definition) is 1. The van der Waals surface area contributed by atoms with Crippen LogP contribution in [0.3, 0.4) is 0 Å². The number of nitrogens with zero attached hydrogens (tertiary/aromatic N) is 1. The van der Waals surface area contributed by atoms with Crippen LogP contribution in [0.5, 0.6) is 0 Å². The highest BCUT2D eigenvalue weighted by Crippen LogP contribution is 2.21. The molecule has 29 heavy (non-hydrogen) atoms. The van der Waals surface area contributed by atoms with Crippen molar-refractivity contribution >= 4 is 11.9 Å². The van der Waals surface area contributed by atoms with E-state index in [1.54, 1.807) is 32.0 Å². The van der Waals surface area contributed by atoms with Gasteiger partial charge in [-0.05, 0) is 30.2 Å². The van der Waals surface area contributed by atoms with Crippen LogP contribution in [0.15, 0.2) is 51.6 Å². The van der Waals surface area contributed by atoms with Gasteiger partial charge in [0.2, 0.25) is 5.76 Å². The fourth-order valence-electron chi connectivity index (χ4n) is 2.58. The molecule has 2 heterocycles. The Morgan fingerprint density at radius 3 is 2.48 bits per heavy atom. The van der Waals surface area contributed by atoms with Gasteiger partial charge < -0.3 is 19.0 Å². The Morgan fingerprint density at radius 1 is 1.14 bits per heavy atom. The van der Waals surface area contributed by atoms with Gasteiger partial charge in [-0.25, -0.2) is 13.6 Å². The third kappa shape index (κ3) is 4.68. The van der Waals surface area contributed by atoms with Crippen molar-refractivity contribution in [3.63, 3.8) is 0 Å². The van der Waals surface area contributed by atoms with E-state index in [1.807, 2.05) is 0 Å². The Hall–Kier alpha value is -3.49. The maximum atomic E-state index is 13.8. The van der Waals surface area contributed by atoms with E-state index in [1.165, 1.54) is 6.26 Å². The lowest BCUT2D eigenvalue weighted by Crippen LogP contribution is -2.45. The summed E-state index contributed by atoms with van der Waals surface area (Å²) in [7, 11) is 0. The number of rotatable bonds is 7. The predicted molar refractivity (Wildman–Crippen MR) is 96.5 cm³/mol. The summed E-state index contributed by atoms with van der Waals surface area (Å²) in [5.74, 6) is -3.42. The Labute approximate surface area is 164 Å². The third-order valence-electron chi connectivity index (χ3n) is 4.08. The van der Waals surface area contributed by atoms with Crippen LogP contribution in [0.25, 0.3) is 11.5 Å². The van der Waals surface area contributed by atoms with Crippen molar-refractivity contribution in [2.75, 3.05) is 0 Å². The Bertz CT molecular complexity index is 978. The molecule has 7 nitrogen and oxygen atoms in total. The first-order valence-corrected chi connectivity index (χ1v) is 8.77. The molecule has 0 unspecified atom stereocenters. The van der Waals surface area contributed by atoms with Crippen LogP contribution in [0.1, 0.15) is 29.9 Å². The zero-order chi connectivity index (χ0) is 21.0. The molecule has 0 radical (unpaired) electrons. The van der Waals surface area contributed by atoms with Crippen LogP contribution in [-0.4, -0.2) is 23.1 Å². The van der Waals surface area contributed by atoms with Gasteiger partial charge in [0.1, 0.15) is 35.5 Å². The largest absolute Gasteiger partial charge is 0.461 e. The highest BCUT2D eigenvalue weighted by molar-refractivity contribution is 5.97. The lowest BCUT2D eigenvalue weighted by molar-refractivity contribution is -0.148. The molecule has 0 saturated heterocycles. The van der Waals surface area contributed by atoms with Crippen molar-refractivity contribution in [3.05, 3.63) is 65.6 Å². The van der Waals surface area contributed by atoms with Crippen LogP contribution in [0.2, 0.25) is 0 Å². The maximum Gasteiger partial charge on any atom is 0.329 e. The highest BCUT2D eigenvalue weighted by atomic mass is 19.1. The average molecular weight is 404 g/mol. The molecule has 0 spiro atoms. The first-order valence-electron chi connectivity index (χ1n) is 8.77. The molecular formula is C20H18F2N2O5. The first kappa shape index (κ1) is 20.2. The van der Waals surface area contributed by atoms with Gasteiger partial charge in [0.05, 0.1) is 6.26 Å². The molecule has 9 heteroatoms. The SMILES string of the molecule is CC(C)[C@H](NC(=O)c1c(F)cccc1F)C(=O)OCc1cc(-c2ccco2)on1. The quantitative estimate of drug-likeness (QED) is 0.604. The van der Waals surface area contributed by atoms with Gasteiger partial charge in [-0.2, -0.15) is 0 Å². The molecule has 0 saturated carbocycles. The van der Waals surface area contributed by atoms with Gasteiger partial charge in [-0.1, -0.05) is 25.1 Å². The highest BCUT2D eigenvalue weighted by Gasteiger charge is 2.28. The standard InChI is InChI=1S/C20H18F2N2O5/c1-11(2)18(23-19(25)17-13(21)5-3-6-14(17)22)20(26)28-10-12-9-16(29-24-12)15-7-4-8-27-15/h3-9,11,18H,10H2,1-2H3,(H,23,25)/t18-/m0/s1. The molecule has 1 aromatic carbocycles.